The second-order valence-electron chi connectivity index (χ2n) is 9.08. The number of fused-ring (bicyclic) bond motifs is 1. The molecule has 2 heterocycles. The maximum Gasteiger partial charge on any atom is 0.279 e. The Morgan fingerprint density at radius 1 is 1.24 bits per heavy atom. The smallest absolute Gasteiger partial charge is 0.279 e. The van der Waals surface area contributed by atoms with Gasteiger partial charge in [0.1, 0.15) is 5.76 Å². The van der Waals surface area contributed by atoms with E-state index in [0.717, 1.165) is 36.1 Å². The summed E-state index contributed by atoms with van der Waals surface area (Å²) in [5.41, 5.74) is 3.93. The van der Waals surface area contributed by atoms with Gasteiger partial charge in [0.15, 0.2) is 11.5 Å². The fourth-order valence-corrected chi connectivity index (χ4v) is 3.89. The minimum Gasteiger partial charge on any atom is -0.360 e. The van der Waals surface area contributed by atoms with Crippen LogP contribution in [0.2, 0.25) is 0 Å². The number of hydrogen-bond acceptors (Lipinski definition) is 4. The second kappa shape index (κ2) is 7.50. The molecule has 0 radical (unpaired) electrons. The van der Waals surface area contributed by atoms with Crippen molar-refractivity contribution in [3.63, 3.8) is 0 Å². The largest absolute Gasteiger partial charge is 0.360 e. The minimum absolute atomic E-state index is 0.192. The number of carbonyl (C=O) groups is 1. The van der Waals surface area contributed by atoms with E-state index >= 15 is 0 Å². The second-order valence-corrected chi connectivity index (χ2v) is 9.08. The van der Waals surface area contributed by atoms with Crippen LogP contribution in [0.25, 0.3) is 0 Å². The lowest BCUT2D eigenvalue weighted by Gasteiger charge is -2.33. The molecule has 0 bridgehead atoms. The van der Waals surface area contributed by atoms with Crippen molar-refractivity contribution < 1.29 is 9.32 Å². The highest BCUT2D eigenvalue weighted by atomic mass is 16.5. The summed E-state index contributed by atoms with van der Waals surface area (Å²) in [6.45, 7) is 9.46. The van der Waals surface area contributed by atoms with Crippen LogP contribution >= 0.6 is 0 Å². The van der Waals surface area contributed by atoms with Crippen LogP contribution < -0.4 is 5.32 Å². The molecule has 1 amide bonds. The molecular formula is C23H28N4O2. The van der Waals surface area contributed by atoms with E-state index in [1.54, 1.807) is 6.07 Å². The van der Waals surface area contributed by atoms with Gasteiger partial charge in [-0.2, -0.15) is 5.10 Å². The fraction of sp³-hybridized carbons (Fsp3) is 0.435. The van der Waals surface area contributed by atoms with Crippen molar-refractivity contribution in [1.82, 2.24) is 14.9 Å². The summed E-state index contributed by atoms with van der Waals surface area (Å²) in [5.74, 6) is 1.61. The molecule has 6 heteroatoms. The number of benzene rings is 1. The third-order valence-electron chi connectivity index (χ3n) is 5.83. The summed E-state index contributed by atoms with van der Waals surface area (Å²) < 4.78 is 7.28. The molecule has 0 saturated carbocycles. The summed E-state index contributed by atoms with van der Waals surface area (Å²) in [7, 11) is 0. The molecule has 152 valence electrons. The van der Waals surface area contributed by atoms with Crippen LogP contribution in [-0.4, -0.2) is 20.8 Å². The normalized spacial score (nSPS) is 16.5. The van der Waals surface area contributed by atoms with Gasteiger partial charge in [0.2, 0.25) is 0 Å². The van der Waals surface area contributed by atoms with Crippen molar-refractivity contribution in [3.05, 3.63) is 64.7 Å². The van der Waals surface area contributed by atoms with Crippen LogP contribution in [0.1, 0.15) is 60.1 Å². The molecule has 0 saturated heterocycles. The number of carbonyl (C=O) groups excluding carboxylic acids is 1. The van der Waals surface area contributed by atoms with E-state index in [1.807, 2.05) is 10.9 Å². The zero-order valence-electron chi connectivity index (χ0n) is 17.5. The number of rotatable bonds is 4. The average Bonchev–Trinajstić information content (AvgIpc) is 3.29. The Kier molecular flexibility index (Phi) is 5.03. The summed E-state index contributed by atoms with van der Waals surface area (Å²) in [4.78, 5) is 12.8. The van der Waals surface area contributed by atoms with Gasteiger partial charge in [0.25, 0.3) is 5.91 Å². The predicted molar refractivity (Wildman–Crippen MR) is 112 cm³/mol. The molecule has 4 rings (SSSR count). The quantitative estimate of drug-likeness (QED) is 0.702. The van der Waals surface area contributed by atoms with Gasteiger partial charge in [-0.3, -0.25) is 9.48 Å². The van der Waals surface area contributed by atoms with Crippen molar-refractivity contribution in [2.75, 3.05) is 5.32 Å². The van der Waals surface area contributed by atoms with Crippen LogP contribution in [0.5, 0.6) is 0 Å². The molecule has 1 aliphatic rings. The molecule has 29 heavy (non-hydrogen) atoms. The van der Waals surface area contributed by atoms with Gasteiger partial charge in [-0.25, -0.2) is 0 Å². The third-order valence-corrected chi connectivity index (χ3v) is 5.83. The van der Waals surface area contributed by atoms with Crippen LogP contribution in [0.4, 0.5) is 5.82 Å². The molecule has 2 aromatic heterocycles. The Balaban J connectivity index is 1.45. The van der Waals surface area contributed by atoms with Crippen LogP contribution in [-0.2, 0) is 19.4 Å². The molecule has 0 unspecified atom stereocenters. The molecule has 3 aromatic rings. The standard InChI is InChI=1S/C23H28N4O2/c1-15-5-7-16(8-6-15)14-27-12-11-20(25-27)24-22(28)21-18-13-17(23(2,3)4)9-10-19(18)29-26-21/h5-8,11-12,17H,9-10,13-14H2,1-4H3,(H,24,25,28)/t17-/m1/s1. The Morgan fingerprint density at radius 3 is 2.72 bits per heavy atom. The molecule has 0 fully saturated rings. The maximum atomic E-state index is 12.8. The van der Waals surface area contributed by atoms with E-state index in [1.165, 1.54) is 5.56 Å². The molecule has 1 N–H and O–H groups in total. The highest BCUT2D eigenvalue weighted by Crippen LogP contribution is 2.38. The number of amides is 1. The van der Waals surface area contributed by atoms with Gasteiger partial charge in [0.05, 0.1) is 6.54 Å². The zero-order chi connectivity index (χ0) is 20.6. The van der Waals surface area contributed by atoms with E-state index in [9.17, 15) is 4.79 Å². The fourth-order valence-electron chi connectivity index (χ4n) is 3.89. The van der Waals surface area contributed by atoms with Gasteiger partial charge in [-0.15, -0.1) is 0 Å². The molecule has 6 nitrogen and oxygen atoms in total. The van der Waals surface area contributed by atoms with Crippen LogP contribution in [0.15, 0.2) is 41.1 Å². The van der Waals surface area contributed by atoms with E-state index in [-0.39, 0.29) is 11.3 Å². The van der Waals surface area contributed by atoms with Crippen LogP contribution in [0.3, 0.4) is 0 Å². The minimum atomic E-state index is -0.259. The van der Waals surface area contributed by atoms with E-state index in [4.69, 9.17) is 4.52 Å². The van der Waals surface area contributed by atoms with Crippen molar-refractivity contribution in [1.29, 1.82) is 0 Å². The summed E-state index contributed by atoms with van der Waals surface area (Å²) in [6.07, 6.45) is 4.59. The lowest BCUT2D eigenvalue weighted by molar-refractivity contribution is 0.101. The van der Waals surface area contributed by atoms with E-state index in [2.05, 4.69) is 67.5 Å². The highest BCUT2D eigenvalue weighted by molar-refractivity contribution is 6.03. The molecule has 1 aromatic carbocycles. The Bertz CT molecular complexity index is 1010. The van der Waals surface area contributed by atoms with Crippen molar-refractivity contribution >= 4 is 11.7 Å². The predicted octanol–water partition coefficient (Wildman–Crippen LogP) is 4.63. The first-order chi connectivity index (χ1) is 13.8. The monoisotopic (exact) mass is 392 g/mol. The lowest BCUT2D eigenvalue weighted by atomic mass is 9.71. The number of hydrogen-bond donors (Lipinski definition) is 1. The van der Waals surface area contributed by atoms with E-state index < -0.39 is 0 Å². The van der Waals surface area contributed by atoms with Crippen molar-refractivity contribution in [2.45, 2.75) is 53.5 Å². The molecule has 1 atom stereocenters. The first-order valence-electron chi connectivity index (χ1n) is 10.2. The van der Waals surface area contributed by atoms with Gasteiger partial charge in [0, 0.05) is 24.2 Å². The van der Waals surface area contributed by atoms with Gasteiger partial charge in [-0.05, 0) is 36.7 Å². The summed E-state index contributed by atoms with van der Waals surface area (Å²) in [5, 5.41) is 11.4. The SMILES string of the molecule is Cc1ccc(Cn2ccc(NC(=O)c3noc4c3C[C@H](C(C)(C)C)CC4)n2)cc1. The van der Waals surface area contributed by atoms with Crippen molar-refractivity contribution in [3.8, 4) is 0 Å². The topological polar surface area (TPSA) is 73.0 Å². The van der Waals surface area contributed by atoms with E-state index in [0.29, 0.717) is 24.0 Å². The van der Waals surface area contributed by atoms with Crippen LogP contribution in [0, 0.1) is 18.3 Å². The molecule has 0 aliphatic heterocycles. The number of aryl methyl sites for hydroxylation is 2. The third kappa shape index (κ3) is 4.26. The number of nitrogens with zero attached hydrogens (tertiary/aromatic N) is 3. The number of anilines is 1. The highest BCUT2D eigenvalue weighted by Gasteiger charge is 2.34. The molecular weight excluding hydrogens is 364 g/mol. The van der Waals surface area contributed by atoms with Crippen molar-refractivity contribution in [2.24, 2.45) is 11.3 Å². The molecule has 0 spiro atoms. The van der Waals surface area contributed by atoms with Gasteiger partial charge < -0.3 is 9.84 Å². The molecule has 1 aliphatic carbocycles. The maximum absolute atomic E-state index is 12.8. The first-order valence-corrected chi connectivity index (χ1v) is 10.2. The average molecular weight is 393 g/mol. The number of aromatic nitrogens is 3. The number of nitrogens with one attached hydrogen (secondary N) is 1. The Labute approximate surface area is 171 Å². The Morgan fingerprint density at radius 2 is 2.00 bits per heavy atom. The van der Waals surface area contributed by atoms with Gasteiger partial charge >= 0.3 is 0 Å². The zero-order valence-corrected chi connectivity index (χ0v) is 17.5. The summed E-state index contributed by atoms with van der Waals surface area (Å²) in [6, 6.07) is 10.1. The first kappa shape index (κ1) is 19.4. The van der Waals surface area contributed by atoms with Gasteiger partial charge in [-0.1, -0.05) is 55.8 Å². The lowest BCUT2D eigenvalue weighted by Crippen LogP contribution is -2.27. The Hall–Kier alpha value is -2.89. The summed E-state index contributed by atoms with van der Waals surface area (Å²) >= 11 is 0.